The van der Waals surface area contributed by atoms with Crippen molar-refractivity contribution in [3.05, 3.63) is 52.5 Å². The van der Waals surface area contributed by atoms with Crippen molar-refractivity contribution >= 4 is 23.5 Å². The zero-order valence-electron chi connectivity index (χ0n) is 16.7. The maximum Gasteiger partial charge on any atom is 0.407 e. The van der Waals surface area contributed by atoms with E-state index in [1.54, 1.807) is 32.5 Å². The van der Waals surface area contributed by atoms with Gasteiger partial charge in [-0.25, -0.2) is 9.59 Å². The highest BCUT2D eigenvalue weighted by Gasteiger charge is 2.31. The SMILES string of the molecule is CC(C)(C)OC(=O)NC[C@@H](O)[C@H](Cc1ccccc1)N(Cc1cncs1)C(=O)O. The second-order valence-electron chi connectivity index (χ2n) is 7.59. The minimum atomic E-state index is -1.16. The Kier molecular flexibility index (Phi) is 7.98. The van der Waals surface area contributed by atoms with E-state index in [2.05, 4.69) is 10.3 Å². The van der Waals surface area contributed by atoms with Crippen molar-refractivity contribution in [1.82, 2.24) is 15.2 Å². The zero-order valence-corrected chi connectivity index (χ0v) is 17.6. The van der Waals surface area contributed by atoms with Gasteiger partial charge in [-0.05, 0) is 32.8 Å². The molecule has 0 bridgehead atoms. The van der Waals surface area contributed by atoms with E-state index in [4.69, 9.17) is 4.74 Å². The summed E-state index contributed by atoms with van der Waals surface area (Å²) in [6.07, 6.45) is -1.06. The molecule has 0 radical (unpaired) electrons. The van der Waals surface area contributed by atoms with E-state index in [1.165, 1.54) is 16.2 Å². The number of hydrogen-bond donors (Lipinski definition) is 3. The van der Waals surface area contributed by atoms with E-state index in [9.17, 15) is 19.8 Å². The molecule has 0 aliphatic carbocycles. The topological polar surface area (TPSA) is 112 Å². The lowest BCUT2D eigenvalue weighted by Crippen LogP contribution is -2.51. The number of amides is 2. The average Bonchev–Trinajstić information content (AvgIpc) is 3.15. The van der Waals surface area contributed by atoms with Gasteiger partial charge in [0.2, 0.25) is 0 Å². The van der Waals surface area contributed by atoms with Crippen molar-refractivity contribution in [1.29, 1.82) is 0 Å². The van der Waals surface area contributed by atoms with Crippen molar-refractivity contribution in [2.75, 3.05) is 6.54 Å². The minimum Gasteiger partial charge on any atom is -0.465 e. The summed E-state index contributed by atoms with van der Waals surface area (Å²) < 4.78 is 5.18. The Labute approximate surface area is 174 Å². The molecule has 0 saturated heterocycles. The Morgan fingerprint density at radius 1 is 1.28 bits per heavy atom. The van der Waals surface area contributed by atoms with Gasteiger partial charge >= 0.3 is 12.2 Å². The molecule has 158 valence electrons. The van der Waals surface area contributed by atoms with E-state index in [1.807, 2.05) is 30.3 Å². The van der Waals surface area contributed by atoms with Gasteiger partial charge in [0, 0.05) is 17.6 Å². The maximum absolute atomic E-state index is 12.0. The van der Waals surface area contributed by atoms with Crippen LogP contribution in [0.3, 0.4) is 0 Å². The molecule has 1 aromatic carbocycles. The summed E-state index contributed by atoms with van der Waals surface area (Å²) in [5, 5.41) is 23.1. The molecule has 29 heavy (non-hydrogen) atoms. The Balaban J connectivity index is 2.16. The highest BCUT2D eigenvalue weighted by molar-refractivity contribution is 7.09. The summed E-state index contributed by atoms with van der Waals surface area (Å²) in [5.41, 5.74) is 1.84. The third-order valence-electron chi connectivity index (χ3n) is 4.04. The number of nitrogens with one attached hydrogen (secondary N) is 1. The number of carbonyl (C=O) groups excluding carboxylic acids is 1. The van der Waals surface area contributed by atoms with Gasteiger partial charge in [0.05, 0.1) is 24.2 Å². The van der Waals surface area contributed by atoms with Crippen LogP contribution in [0.2, 0.25) is 0 Å². The molecule has 1 aromatic heterocycles. The highest BCUT2D eigenvalue weighted by atomic mass is 32.1. The first kappa shape index (κ1) is 22.6. The number of aliphatic hydroxyl groups excluding tert-OH is 1. The molecule has 8 nitrogen and oxygen atoms in total. The first-order valence-electron chi connectivity index (χ1n) is 9.21. The number of ether oxygens (including phenoxy) is 1. The van der Waals surface area contributed by atoms with Crippen molar-refractivity contribution < 1.29 is 24.5 Å². The van der Waals surface area contributed by atoms with Gasteiger partial charge in [-0.3, -0.25) is 9.88 Å². The molecule has 0 aliphatic rings. The van der Waals surface area contributed by atoms with Crippen LogP contribution >= 0.6 is 11.3 Å². The van der Waals surface area contributed by atoms with Crippen LogP contribution in [0.4, 0.5) is 9.59 Å². The molecule has 0 aliphatic heterocycles. The quantitative estimate of drug-likeness (QED) is 0.604. The predicted octanol–water partition coefficient (Wildman–Crippen LogP) is 3.12. The zero-order chi connectivity index (χ0) is 21.4. The number of thiazole rings is 1. The van der Waals surface area contributed by atoms with Crippen LogP contribution in [0.25, 0.3) is 0 Å². The Morgan fingerprint density at radius 2 is 1.97 bits per heavy atom. The number of benzene rings is 1. The van der Waals surface area contributed by atoms with Gasteiger partial charge in [0.15, 0.2) is 0 Å². The fourth-order valence-corrected chi connectivity index (χ4v) is 3.35. The summed E-state index contributed by atoms with van der Waals surface area (Å²) in [5.74, 6) is 0. The standard InChI is InChI=1S/C20H27N3O5S/c1-20(2,3)28-18(25)22-11-17(24)16(9-14-7-5-4-6-8-14)23(19(26)27)12-15-10-21-13-29-15/h4-8,10,13,16-17,24H,9,11-12H2,1-3H3,(H,22,25)(H,26,27)/t16-,17+/m0/s1. The third kappa shape index (κ3) is 7.71. The summed E-state index contributed by atoms with van der Waals surface area (Å²) in [4.78, 5) is 29.8. The van der Waals surface area contributed by atoms with Gasteiger partial charge in [0.25, 0.3) is 0 Å². The van der Waals surface area contributed by atoms with Crippen LogP contribution in [0, 0.1) is 0 Å². The molecule has 1 heterocycles. The van der Waals surface area contributed by atoms with Crippen LogP contribution in [-0.2, 0) is 17.7 Å². The van der Waals surface area contributed by atoms with Crippen LogP contribution in [0.1, 0.15) is 31.2 Å². The molecule has 0 spiro atoms. The maximum atomic E-state index is 12.0. The molecule has 0 unspecified atom stereocenters. The fraction of sp³-hybridized carbons (Fsp3) is 0.450. The van der Waals surface area contributed by atoms with Crippen LogP contribution in [0.15, 0.2) is 42.0 Å². The Hall–Kier alpha value is -2.65. The first-order valence-corrected chi connectivity index (χ1v) is 10.1. The molecule has 2 amide bonds. The van der Waals surface area contributed by atoms with Crippen molar-refractivity contribution in [2.24, 2.45) is 0 Å². The lowest BCUT2D eigenvalue weighted by molar-refractivity contribution is 0.0326. The summed E-state index contributed by atoms with van der Waals surface area (Å²) in [7, 11) is 0. The Morgan fingerprint density at radius 3 is 2.52 bits per heavy atom. The normalized spacial score (nSPS) is 13.4. The van der Waals surface area contributed by atoms with E-state index in [-0.39, 0.29) is 13.1 Å². The van der Waals surface area contributed by atoms with Gasteiger partial charge in [-0.2, -0.15) is 0 Å². The lowest BCUT2D eigenvalue weighted by Gasteiger charge is -2.33. The molecule has 2 aromatic rings. The van der Waals surface area contributed by atoms with Crippen molar-refractivity contribution in [3.8, 4) is 0 Å². The number of aliphatic hydroxyl groups is 1. The van der Waals surface area contributed by atoms with Crippen molar-refractivity contribution in [2.45, 2.75) is 51.5 Å². The number of rotatable bonds is 8. The number of alkyl carbamates (subject to hydrolysis) is 1. The number of carbonyl (C=O) groups is 2. The van der Waals surface area contributed by atoms with E-state index < -0.39 is 29.9 Å². The van der Waals surface area contributed by atoms with Gasteiger partial charge < -0.3 is 20.3 Å². The molecule has 0 fully saturated rings. The molecule has 2 atom stereocenters. The Bertz CT molecular complexity index is 777. The second kappa shape index (κ2) is 10.2. The number of aromatic nitrogens is 1. The fourth-order valence-electron chi connectivity index (χ4n) is 2.76. The molecule has 2 rings (SSSR count). The number of nitrogens with zero attached hydrogens (tertiary/aromatic N) is 2. The van der Waals surface area contributed by atoms with Gasteiger partial charge in [-0.15, -0.1) is 11.3 Å². The van der Waals surface area contributed by atoms with Gasteiger partial charge in [0.1, 0.15) is 5.60 Å². The molecular weight excluding hydrogens is 394 g/mol. The van der Waals surface area contributed by atoms with Crippen molar-refractivity contribution in [3.63, 3.8) is 0 Å². The summed E-state index contributed by atoms with van der Waals surface area (Å²) in [6, 6.07) is 8.54. The second-order valence-corrected chi connectivity index (χ2v) is 8.56. The van der Waals surface area contributed by atoms with E-state index >= 15 is 0 Å². The molecule has 3 N–H and O–H groups in total. The molecule has 9 heteroatoms. The largest absolute Gasteiger partial charge is 0.465 e. The van der Waals surface area contributed by atoms with E-state index in [0.29, 0.717) is 6.42 Å². The summed E-state index contributed by atoms with van der Waals surface area (Å²) in [6.45, 7) is 5.17. The number of hydrogen-bond acceptors (Lipinski definition) is 6. The smallest absolute Gasteiger partial charge is 0.407 e. The first-order chi connectivity index (χ1) is 13.7. The van der Waals surface area contributed by atoms with Gasteiger partial charge in [-0.1, -0.05) is 30.3 Å². The monoisotopic (exact) mass is 421 g/mol. The van der Waals surface area contributed by atoms with E-state index in [0.717, 1.165) is 10.4 Å². The molecular formula is C20H27N3O5S. The predicted molar refractivity (Wildman–Crippen MR) is 110 cm³/mol. The third-order valence-corrected chi connectivity index (χ3v) is 4.81. The van der Waals surface area contributed by atoms with Crippen LogP contribution in [-0.4, -0.2) is 56.6 Å². The lowest BCUT2D eigenvalue weighted by atomic mass is 9.99. The molecule has 0 saturated carbocycles. The minimum absolute atomic E-state index is 0.0982. The highest BCUT2D eigenvalue weighted by Crippen LogP contribution is 2.18. The van der Waals surface area contributed by atoms with Crippen LogP contribution < -0.4 is 5.32 Å². The average molecular weight is 422 g/mol. The summed E-state index contributed by atoms with van der Waals surface area (Å²) >= 11 is 1.34. The number of carboxylic acid groups (broad SMARTS) is 1. The van der Waals surface area contributed by atoms with Crippen LogP contribution in [0.5, 0.6) is 0 Å².